The van der Waals surface area contributed by atoms with Crippen molar-refractivity contribution >= 4 is 34.3 Å². The Bertz CT molecular complexity index is 1730. The van der Waals surface area contributed by atoms with Crippen LogP contribution in [0.15, 0.2) is 77.9 Å². The van der Waals surface area contributed by atoms with E-state index < -0.39 is 46.7 Å². The third-order valence-electron chi connectivity index (χ3n) is 10.8. The predicted molar refractivity (Wildman–Crippen MR) is 179 cm³/mol. The first-order valence-corrected chi connectivity index (χ1v) is 17.0. The number of phenols is 1. The molecule has 2 aliphatic heterocycles. The van der Waals surface area contributed by atoms with E-state index in [0.29, 0.717) is 33.1 Å². The molecule has 5 aliphatic rings. The van der Waals surface area contributed by atoms with Crippen molar-refractivity contribution in [3.63, 3.8) is 0 Å². The topological polar surface area (TPSA) is 121 Å². The Kier molecular flexibility index (Phi) is 7.79. The van der Waals surface area contributed by atoms with Gasteiger partial charge in [-0.15, -0.1) is 0 Å². The molecule has 2 aromatic rings. The van der Waals surface area contributed by atoms with Crippen LogP contribution in [0.4, 0.5) is 0 Å². The van der Waals surface area contributed by atoms with Crippen molar-refractivity contribution < 1.29 is 43.5 Å². The van der Waals surface area contributed by atoms with E-state index >= 15 is 0 Å². The molecule has 3 aliphatic carbocycles. The fourth-order valence-electron chi connectivity index (χ4n) is 8.75. The van der Waals surface area contributed by atoms with Crippen LogP contribution in [-0.2, 0) is 41.4 Å². The highest BCUT2D eigenvalue weighted by molar-refractivity contribution is 14.1. The number of hydrogen-bond acceptors (Lipinski definition) is 9. The van der Waals surface area contributed by atoms with Crippen molar-refractivity contribution in [2.45, 2.75) is 75.3 Å². The summed E-state index contributed by atoms with van der Waals surface area (Å²) in [4.78, 5) is 27.0. The van der Waals surface area contributed by atoms with Gasteiger partial charge in [-0.25, -0.2) is 0 Å². The maximum atomic E-state index is 13.8. The highest BCUT2D eigenvalue weighted by atomic mass is 127. The van der Waals surface area contributed by atoms with Crippen molar-refractivity contribution in [3.8, 4) is 11.5 Å². The SMILES string of the molecule is C=C(C)[C@]12C[C@@H](C)[C@@]34OC(Cc5ccccc5)(O[C@H]1[C@@H]3C=C(COC(=O)Cc1cc(OC)c(O)cc1I)C[C@]1(O)C(=O)C(C)=C[C@@H]41)O2. The second-order valence-electron chi connectivity index (χ2n) is 13.8. The first-order valence-electron chi connectivity index (χ1n) is 15.9. The average molecular weight is 755 g/mol. The number of ether oxygens (including phenoxy) is 5. The Morgan fingerprint density at radius 2 is 1.91 bits per heavy atom. The lowest BCUT2D eigenvalue weighted by Crippen LogP contribution is -2.70. The molecule has 47 heavy (non-hydrogen) atoms. The molecule has 2 heterocycles. The van der Waals surface area contributed by atoms with Gasteiger partial charge >= 0.3 is 5.97 Å². The molecule has 1 saturated carbocycles. The number of aliphatic hydroxyl groups is 1. The Balaban J connectivity index is 1.27. The minimum Gasteiger partial charge on any atom is -0.504 e. The van der Waals surface area contributed by atoms with E-state index in [2.05, 4.69) is 36.1 Å². The second-order valence-corrected chi connectivity index (χ2v) is 14.9. The van der Waals surface area contributed by atoms with Gasteiger partial charge in [0.2, 0.25) is 0 Å². The monoisotopic (exact) mass is 754 g/mol. The number of methoxy groups -OCH3 is 1. The highest BCUT2D eigenvalue weighted by Gasteiger charge is 2.79. The number of aromatic hydroxyl groups is 1. The van der Waals surface area contributed by atoms with Gasteiger partial charge in [0.1, 0.15) is 23.9 Å². The van der Waals surface area contributed by atoms with E-state index in [1.165, 1.54) is 13.2 Å². The van der Waals surface area contributed by atoms with E-state index in [1.807, 2.05) is 49.4 Å². The van der Waals surface area contributed by atoms with Gasteiger partial charge in [-0.1, -0.05) is 56.0 Å². The minimum absolute atomic E-state index is 0.0175. The molecule has 8 atom stereocenters. The zero-order valence-electron chi connectivity index (χ0n) is 26.9. The van der Waals surface area contributed by atoms with Gasteiger partial charge in [0, 0.05) is 21.8 Å². The number of ketones is 1. The third kappa shape index (κ3) is 4.85. The summed E-state index contributed by atoms with van der Waals surface area (Å²) in [6, 6.07) is 13.0. The van der Waals surface area contributed by atoms with Crippen LogP contribution in [-0.4, -0.2) is 64.6 Å². The Hall–Kier alpha value is -3.03. The molecule has 7 rings (SSSR count). The molecule has 2 N–H and O–H groups in total. The van der Waals surface area contributed by atoms with E-state index in [-0.39, 0.29) is 42.6 Å². The minimum atomic E-state index is -1.81. The fraction of sp³-hybridized carbons (Fsp3) is 0.459. The van der Waals surface area contributed by atoms with Crippen molar-refractivity contribution in [3.05, 3.63) is 92.6 Å². The van der Waals surface area contributed by atoms with Crippen LogP contribution in [0.5, 0.6) is 11.5 Å². The van der Waals surface area contributed by atoms with Gasteiger partial charge in [0.25, 0.3) is 5.97 Å². The molecule has 3 bridgehead atoms. The lowest BCUT2D eigenvalue weighted by Gasteiger charge is -2.59. The Labute approximate surface area is 287 Å². The predicted octanol–water partition coefficient (Wildman–Crippen LogP) is 5.35. The van der Waals surface area contributed by atoms with Crippen molar-refractivity contribution in [2.75, 3.05) is 13.7 Å². The van der Waals surface area contributed by atoms with E-state index in [0.717, 1.165) is 11.1 Å². The lowest BCUT2D eigenvalue weighted by atomic mass is 9.55. The molecule has 248 valence electrons. The molecule has 1 unspecified atom stereocenters. The largest absolute Gasteiger partial charge is 0.504 e. The molecule has 0 spiro atoms. The van der Waals surface area contributed by atoms with Crippen LogP contribution >= 0.6 is 22.6 Å². The van der Waals surface area contributed by atoms with Gasteiger partial charge in [0.05, 0.1) is 25.6 Å². The van der Waals surface area contributed by atoms with Crippen molar-refractivity contribution in [2.24, 2.45) is 17.8 Å². The average Bonchev–Trinajstić information content (AvgIpc) is 3.33. The van der Waals surface area contributed by atoms with Crippen molar-refractivity contribution in [1.82, 2.24) is 0 Å². The summed E-state index contributed by atoms with van der Waals surface area (Å²) in [6.07, 6.45) is 4.13. The van der Waals surface area contributed by atoms with Gasteiger partial charge in [0.15, 0.2) is 17.3 Å². The summed E-state index contributed by atoms with van der Waals surface area (Å²) >= 11 is 2.05. The second kappa shape index (κ2) is 11.3. The molecule has 2 saturated heterocycles. The quantitative estimate of drug-likeness (QED) is 0.209. The maximum Gasteiger partial charge on any atom is 0.310 e. The van der Waals surface area contributed by atoms with Crippen LogP contribution in [0.1, 0.15) is 44.7 Å². The van der Waals surface area contributed by atoms with Crippen LogP contribution in [0, 0.1) is 21.3 Å². The molecule has 0 aromatic heterocycles. The molecule has 10 heteroatoms. The number of Topliss-reactive ketones (excluding diaryl/α,β-unsaturated/α-hetero) is 1. The van der Waals surface area contributed by atoms with Gasteiger partial charge in [-0.05, 0) is 88.8 Å². The number of fused-ring (bicyclic) bond motifs is 2. The molecule has 0 radical (unpaired) electrons. The summed E-state index contributed by atoms with van der Waals surface area (Å²) in [5.74, 6) is -3.37. The number of hydrogen-bond donors (Lipinski definition) is 2. The molecular weight excluding hydrogens is 715 g/mol. The first kappa shape index (κ1) is 32.5. The number of carbonyl (C=O) groups is 2. The number of rotatable bonds is 8. The van der Waals surface area contributed by atoms with Crippen LogP contribution < -0.4 is 4.74 Å². The van der Waals surface area contributed by atoms with Gasteiger partial charge in [-0.2, -0.15) is 0 Å². The van der Waals surface area contributed by atoms with Gasteiger partial charge < -0.3 is 33.9 Å². The zero-order valence-corrected chi connectivity index (χ0v) is 29.0. The molecule has 2 aromatic carbocycles. The zero-order chi connectivity index (χ0) is 33.5. The van der Waals surface area contributed by atoms with Crippen LogP contribution in [0.3, 0.4) is 0 Å². The normalized spacial score (nSPS) is 36.6. The summed E-state index contributed by atoms with van der Waals surface area (Å²) in [7, 11) is 1.44. The standard InChI is InChI=1S/C37H39IO9/c1-20(2)35-16-22(4)37-26(33(35)45-36(46-35,47-37)18-23-9-7-6-8-10-23)12-24(17-34(42)30(37)11-21(3)32(34)41)19-44-31(40)14-25-13-29(43-5)28(39)15-27(25)38/h6-13,15,22,26,30,33,39,42H,1,14,16-19H2,2-5H3/t22-,26+,30-,33+,34-,35-,36?,37-/m1/s1. The lowest BCUT2D eigenvalue weighted by molar-refractivity contribution is -0.421. The van der Waals surface area contributed by atoms with Crippen LogP contribution in [0.2, 0.25) is 0 Å². The summed E-state index contributed by atoms with van der Waals surface area (Å²) in [6.45, 7) is 9.99. The summed E-state index contributed by atoms with van der Waals surface area (Å²) in [5, 5.41) is 22.5. The van der Waals surface area contributed by atoms with Gasteiger partial charge in [-0.3, -0.25) is 9.59 Å². The smallest absolute Gasteiger partial charge is 0.310 e. The Morgan fingerprint density at radius 1 is 1.17 bits per heavy atom. The molecule has 0 amide bonds. The van der Waals surface area contributed by atoms with Crippen molar-refractivity contribution in [1.29, 1.82) is 0 Å². The number of phenolic OH excluding ortho intramolecular Hbond substituents is 1. The number of benzene rings is 2. The molecule has 9 nitrogen and oxygen atoms in total. The first-order chi connectivity index (χ1) is 22.3. The Morgan fingerprint density at radius 3 is 2.62 bits per heavy atom. The fourth-order valence-corrected chi connectivity index (χ4v) is 9.39. The highest BCUT2D eigenvalue weighted by Crippen LogP contribution is 2.68. The molecular formula is C37H39IO9. The summed E-state index contributed by atoms with van der Waals surface area (Å²) in [5.41, 5.74) is -0.221. The molecule has 3 fully saturated rings. The van der Waals surface area contributed by atoms with E-state index in [9.17, 15) is 19.8 Å². The van der Waals surface area contributed by atoms with E-state index in [4.69, 9.17) is 23.7 Å². The number of carbonyl (C=O) groups excluding carboxylic acids is 2. The summed E-state index contributed by atoms with van der Waals surface area (Å²) < 4.78 is 32.6. The number of esters is 1. The van der Waals surface area contributed by atoms with E-state index in [1.54, 1.807) is 13.0 Å². The third-order valence-corrected chi connectivity index (χ3v) is 11.8. The van der Waals surface area contributed by atoms with Crippen LogP contribution in [0.25, 0.3) is 0 Å². The maximum absolute atomic E-state index is 13.8. The number of halogens is 1.